The largest absolute Gasteiger partial charge is 0.322 e. The lowest BCUT2D eigenvalue weighted by atomic mass is 10.1. The highest BCUT2D eigenvalue weighted by atomic mass is 16.2. The van der Waals surface area contributed by atoms with E-state index in [9.17, 15) is 9.59 Å². The fraction of sp³-hybridized carbons (Fsp3) is 0.300. The zero-order valence-electron chi connectivity index (χ0n) is 14.1. The molecule has 0 spiro atoms. The highest BCUT2D eigenvalue weighted by molar-refractivity contribution is 6.05. The van der Waals surface area contributed by atoms with Crippen LogP contribution in [0.1, 0.15) is 40.7 Å². The number of carbonyl (C=O) groups excluding carboxylic acids is 2. The van der Waals surface area contributed by atoms with Gasteiger partial charge in [0.05, 0.1) is 0 Å². The molecule has 0 radical (unpaired) electrons. The summed E-state index contributed by atoms with van der Waals surface area (Å²) >= 11 is 0. The van der Waals surface area contributed by atoms with Crippen LogP contribution in [0.2, 0.25) is 0 Å². The van der Waals surface area contributed by atoms with Crippen molar-refractivity contribution in [2.75, 3.05) is 16.8 Å². The van der Waals surface area contributed by atoms with Gasteiger partial charge in [0.1, 0.15) is 0 Å². The average Bonchev–Trinajstić information content (AvgIpc) is 2.58. The third-order valence-corrected chi connectivity index (χ3v) is 4.39. The molecule has 124 valence electrons. The highest BCUT2D eigenvalue weighted by Crippen LogP contribution is 2.22. The maximum absolute atomic E-state index is 12.4. The van der Waals surface area contributed by atoms with Gasteiger partial charge in [-0.3, -0.25) is 9.59 Å². The second-order valence-electron chi connectivity index (χ2n) is 6.32. The number of hydrogen-bond donors (Lipinski definition) is 1. The molecule has 4 heteroatoms. The second-order valence-corrected chi connectivity index (χ2v) is 6.32. The summed E-state index contributed by atoms with van der Waals surface area (Å²) in [6, 6.07) is 13.2. The molecule has 1 saturated heterocycles. The van der Waals surface area contributed by atoms with Crippen molar-refractivity contribution < 1.29 is 9.59 Å². The number of hydrogen-bond acceptors (Lipinski definition) is 2. The fourth-order valence-electron chi connectivity index (χ4n) is 3.02. The summed E-state index contributed by atoms with van der Waals surface area (Å²) < 4.78 is 0. The number of aryl methyl sites for hydroxylation is 2. The third kappa shape index (κ3) is 3.48. The molecule has 0 unspecified atom stereocenters. The molecule has 24 heavy (non-hydrogen) atoms. The molecule has 2 amide bonds. The zero-order chi connectivity index (χ0) is 17.1. The highest BCUT2D eigenvalue weighted by Gasteiger charge is 2.19. The standard InChI is InChI=1S/C20H22N2O2/c1-14-6-11-18(15(2)13-14)21-20(24)16-7-9-17(10-8-16)22-12-4-3-5-19(22)23/h6-11,13H,3-5,12H2,1-2H3,(H,21,24). The van der Waals surface area contributed by atoms with Crippen molar-refractivity contribution in [1.29, 1.82) is 0 Å². The maximum atomic E-state index is 12.4. The molecule has 1 heterocycles. The van der Waals surface area contributed by atoms with E-state index >= 15 is 0 Å². The molecule has 0 aliphatic carbocycles. The van der Waals surface area contributed by atoms with E-state index in [1.165, 1.54) is 5.56 Å². The van der Waals surface area contributed by atoms with Gasteiger partial charge in [-0.05, 0) is 62.6 Å². The van der Waals surface area contributed by atoms with Crippen LogP contribution in [0.15, 0.2) is 42.5 Å². The number of nitrogens with zero attached hydrogens (tertiary/aromatic N) is 1. The second kappa shape index (κ2) is 6.87. The van der Waals surface area contributed by atoms with Crippen molar-refractivity contribution in [2.45, 2.75) is 33.1 Å². The van der Waals surface area contributed by atoms with E-state index in [1.807, 2.05) is 44.2 Å². The fourth-order valence-corrected chi connectivity index (χ4v) is 3.02. The number of anilines is 2. The molecule has 4 nitrogen and oxygen atoms in total. The molecule has 0 atom stereocenters. The number of piperidine rings is 1. The summed E-state index contributed by atoms with van der Waals surface area (Å²) in [7, 11) is 0. The van der Waals surface area contributed by atoms with Gasteiger partial charge < -0.3 is 10.2 Å². The molecule has 2 aromatic carbocycles. The minimum Gasteiger partial charge on any atom is -0.322 e. The Morgan fingerprint density at radius 2 is 1.79 bits per heavy atom. The molecule has 1 fully saturated rings. The predicted octanol–water partition coefficient (Wildman–Crippen LogP) is 4.07. The quantitative estimate of drug-likeness (QED) is 0.926. The molecular weight excluding hydrogens is 300 g/mol. The van der Waals surface area contributed by atoms with Crippen LogP contribution in [0, 0.1) is 13.8 Å². The third-order valence-electron chi connectivity index (χ3n) is 4.39. The van der Waals surface area contributed by atoms with E-state index in [-0.39, 0.29) is 11.8 Å². The van der Waals surface area contributed by atoms with Gasteiger partial charge in [-0.1, -0.05) is 17.7 Å². The summed E-state index contributed by atoms with van der Waals surface area (Å²) in [4.78, 5) is 26.2. The van der Waals surface area contributed by atoms with Crippen molar-refractivity contribution in [3.05, 3.63) is 59.2 Å². The van der Waals surface area contributed by atoms with Crippen LogP contribution in [0.5, 0.6) is 0 Å². The Hall–Kier alpha value is -2.62. The number of carbonyl (C=O) groups is 2. The summed E-state index contributed by atoms with van der Waals surface area (Å²) in [5.41, 5.74) is 4.48. The van der Waals surface area contributed by atoms with Gasteiger partial charge in [0.2, 0.25) is 5.91 Å². The Labute approximate surface area is 142 Å². The Morgan fingerprint density at radius 1 is 1.04 bits per heavy atom. The molecule has 0 saturated carbocycles. The SMILES string of the molecule is Cc1ccc(NC(=O)c2ccc(N3CCCCC3=O)cc2)c(C)c1. The first-order chi connectivity index (χ1) is 11.5. The van der Waals surface area contributed by atoms with Gasteiger partial charge in [-0.25, -0.2) is 0 Å². The number of nitrogens with one attached hydrogen (secondary N) is 1. The zero-order valence-corrected chi connectivity index (χ0v) is 14.1. The minimum absolute atomic E-state index is 0.140. The first kappa shape index (κ1) is 16.2. The molecular formula is C20H22N2O2. The molecule has 0 bridgehead atoms. The van der Waals surface area contributed by atoms with Gasteiger partial charge >= 0.3 is 0 Å². The van der Waals surface area contributed by atoms with Gasteiger partial charge in [0, 0.05) is 29.9 Å². The monoisotopic (exact) mass is 322 g/mol. The van der Waals surface area contributed by atoms with Gasteiger partial charge in [0.15, 0.2) is 0 Å². The van der Waals surface area contributed by atoms with E-state index in [1.54, 1.807) is 17.0 Å². The lowest BCUT2D eigenvalue weighted by molar-refractivity contribution is -0.119. The van der Waals surface area contributed by atoms with Crippen LogP contribution in [-0.4, -0.2) is 18.4 Å². The number of rotatable bonds is 3. The van der Waals surface area contributed by atoms with Crippen molar-refractivity contribution in [3.8, 4) is 0 Å². The molecule has 1 N–H and O–H groups in total. The van der Waals surface area contributed by atoms with Crippen LogP contribution < -0.4 is 10.2 Å². The van der Waals surface area contributed by atoms with Crippen molar-refractivity contribution in [1.82, 2.24) is 0 Å². The summed E-state index contributed by atoms with van der Waals surface area (Å²) in [5, 5.41) is 2.94. The van der Waals surface area contributed by atoms with E-state index in [0.29, 0.717) is 12.0 Å². The molecule has 0 aromatic heterocycles. The van der Waals surface area contributed by atoms with E-state index in [0.717, 1.165) is 36.3 Å². The Balaban J connectivity index is 1.73. The summed E-state index contributed by atoms with van der Waals surface area (Å²) in [5.74, 6) is 0.0206. The van der Waals surface area contributed by atoms with Crippen molar-refractivity contribution in [2.24, 2.45) is 0 Å². The lowest BCUT2D eigenvalue weighted by Gasteiger charge is -2.26. The van der Waals surface area contributed by atoms with Crippen molar-refractivity contribution >= 4 is 23.2 Å². The normalized spacial score (nSPS) is 14.6. The van der Waals surface area contributed by atoms with E-state index in [2.05, 4.69) is 5.32 Å². The molecule has 2 aromatic rings. The molecule has 3 rings (SSSR count). The summed E-state index contributed by atoms with van der Waals surface area (Å²) in [6.45, 7) is 4.76. The predicted molar refractivity (Wildman–Crippen MR) is 96.5 cm³/mol. The van der Waals surface area contributed by atoms with Crippen molar-refractivity contribution in [3.63, 3.8) is 0 Å². The minimum atomic E-state index is -0.140. The lowest BCUT2D eigenvalue weighted by Crippen LogP contribution is -2.35. The van der Waals surface area contributed by atoms with E-state index < -0.39 is 0 Å². The van der Waals surface area contributed by atoms with Gasteiger partial charge in [0.25, 0.3) is 5.91 Å². The van der Waals surface area contributed by atoms with E-state index in [4.69, 9.17) is 0 Å². The molecule has 1 aliphatic heterocycles. The maximum Gasteiger partial charge on any atom is 0.255 e. The Morgan fingerprint density at radius 3 is 2.46 bits per heavy atom. The first-order valence-electron chi connectivity index (χ1n) is 8.33. The molecule has 1 aliphatic rings. The topological polar surface area (TPSA) is 49.4 Å². The number of benzene rings is 2. The smallest absolute Gasteiger partial charge is 0.255 e. The van der Waals surface area contributed by atoms with Crippen LogP contribution in [0.25, 0.3) is 0 Å². The summed E-state index contributed by atoms with van der Waals surface area (Å²) in [6.07, 6.45) is 2.60. The average molecular weight is 322 g/mol. The van der Waals surface area contributed by atoms with Crippen LogP contribution in [0.4, 0.5) is 11.4 Å². The van der Waals surface area contributed by atoms with Crippen LogP contribution >= 0.6 is 0 Å². The van der Waals surface area contributed by atoms with Gasteiger partial charge in [-0.15, -0.1) is 0 Å². The first-order valence-corrected chi connectivity index (χ1v) is 8.33. The Kier molecular flexibility index (Phi) is 4.65. The van der Waals surface area contributed by atoms with Gasteiger partial charge in [-0.2, -0.15) is 0 Å². The van der Waals surface area contributed by atoms with Crippen LogP contribution in [0.3, 0.4) is 0 Å². The Bertz CT molecular complexity index is 766. The number of amides is 2. The van der Waals surface area contributed by atoms with Crippen LogP contribution in [-0.2, 0) is 4.79 Å².